The predicted molar refractivity (Wildman–Crippen MR) is 135 cm³/mol. The average molecular weight is 483 g/mol. The van der Waals surface area contributed by atoms with Gasteiger partial charge in [-0.1, -0.05) is 42.5 Å². The quantitative estimate of drug-likeness (QED) is 0.135. The minimum absolute atomic E-state index is 0.102. The van der Waals surface area contributed by atoms with E-state index >= 15 is 0 Å². The number of hydrogen-bond donors (Lipinski definition) is 3. The van der Waals surface area contributed by atoms with Crippen LogP contribution in [0.3, 0.4) is 0 Å². The highest BCUT2D eigenvalue weighted by atomic mass is 16.5. The summed E-state index contributed by atoms with van der Waals surface area (Å²) in [6.07, 6.45) is 0.246. The van der Waals surface area contributed by atoms with Crippen molar-refractivity contribution >= 4 is 52.9 Å². The number of Topliss-reactive ketones (excluding diaryl/α,β-unsaturated/α-hetero) is 1. The minimum atomic E-state index is -0.684. The summed E-state index contributed by atoms with van der Waals surface area (Å²) in [5.41, 5.74) is 3.01. The Morgan fingerprint density at radius 1 is 0.694 bits per heavy atom. The number of esters is 1. The van der Waals surface area contributed by atoms with E-state index in [0.29, 0.717) is 16.9 Å². The molecule has 0 amide bonds. The highest BCUT2D eigenvalue weighted by Crippen LogP contribution is 2.25. The van der Waals surface area contributed by atoms with Gasteiger partial charge in [-0.05, 0) is 42.8 Å². The summed E-state index contributed by atoms with van der Waals surface area (Å²) in [6, 6.07) is 20.9. The maximum absolute atomic E-state index is 12.2. The Labute approximate surface area is 206 Å². The van der Waals surface area contributed by atoms with Crippen LogP contribution in [0.1, 0.15) is 26.3 Å². The Kier molecular flexibility index (Phi) is 7.25. The number of methoxy groups -OCH3 is 1. The summed E-state index contributed by atoms with van der Waals surface area (Å²) in [6.45, 7) is 1.94. The molecule has 36 heavy (non-hydrogen) atoms. The summed E-state index contributed by atoms with van der Waals surface area (Å²) in [4.78, 5) is 48.7. The lowest BCUT2D eigenvalue weighted by molar-refractivity contribution is -0.104. The summed E-state index contributed by atoms with van der Waals surface area (Å²) in [5, 5.41) is 9.19. The van der Waals surface area contributed by atoms with Gasteiger partial charge in [0.15, 0.2) is 6.29 Å². The third kappa shape index (κ3) is 5.50. The Balaban J connectivity index is 1.75. The molecule has 0 aliphatic heterocycles. The summed E-state index contributed by atoms with van der Waals surface area (Å²) >= 11 is 0. The molecular weight excluding hydrogens is 460 g/mol. The number of carbonyl (C=O) groups excluding carboxylic acids is 3. The topological polar surface area (TPSA) is 135 Å². The van der Waals surface area contributed by atoms with Crippen molar-refractivity contribution < 1.29 is 19.1 Å². The number of carbonyl (C=O) groups is 3. The van der Waals surface area contributed by atoms with Crippen molar-refractivity contribution in [1.29, 1.82) is 0 Å². The second kappa shape index (κ2) is 10.9. The first kappa shape index (κ1) is 24.0. The monoisotopic (exact) mass is 482 g/mol. The molecule has 0 radical (unpaired) electrons. The number of para-hydroxylation sites is 3. The molecule has 180 valence electrons. The van der Waals surface area contributed by atoms with Crippen LogP contribution in [0.2, 0.25) is 0 Å². The smallest absolute Gasteiger partial charge is 0.339 e. The normalized spacial score (nSPS) is 10.3. The fraction of sp³-hybridized carbons (Fsp3) is 0.0769. The van der Waals surface area contributed by atoms with Gasteiger partial charge in [0.2, 0.25) is 23.6 Å². The van der Waals surface area contributed by atoms with Gasteiger partial charge in [-0.2, -0.15) is 15.0 Å². The fourth-order valence-electron chi connectivity index (χ4n) is 3.37. The number of aryl methyl sites for hydroxylation is 1. The number of ketones is 1. The second-order valence-corrected chi connectivity index (χ2v) is 7.56. The van der Waals surface area contributed by atoms with Crippen molar-refractivity contribution in [2.45, 2.75) is 6.92 Å². The zero-order valence-corrected chi connectivity index (χ0v) is 19.5. The molecule has 4 aromatic rings. The van der Waals surface area contributed by atoms with E-state index in [0.717, 1.165) is 11.3 Å². The van der Waals surface area contributed by atoms with Gasteiger partial charge in [-0.25, -0.2) is 4.79 Å². The number of rotatable bonds is 9. The Morgan fingerprint density at radius 3 is 1.67 bits per heavy atom. The Hall–Kier alpha value is -5.12. The van der Waals surface area contributed by atoms with Gasteiger partial charge < -0.3 is 20.7 Å². The van der Waals surface area contributed by atoms with E-state index in [1.165, 1.54) is 13.2 Å². The molecule has 3 N–H and O–H groups in total. The van der Waals surface area contributed by atoms with E-state index in [1.54, 1.807) is 42.5 Å². The van der Waals surface area contributed by atoms with Gasteiger partial charge in [0, 0.05) is 11.3 Å². The maximum Gasteiger partial charge on any atom is 0.339 e. The van der Waals surface area contributed by atoms with Crippen molar-refractivity contribution in [2.24, 2.45) is 0 Å². The van der Waals surface area contributed by atoms with E-state index in [2.05, 4.69) is 30.9 Å². The molecule has 10 nitrogen and oxygen atoms in total. The maximum atomic E-state index is 12.2. The van der Waals surface area contributed by atoms with Crippen molar-refractivity contribution in [3.63, 3.8) is 0 Å². The largest absolute Gasteiger partial charge is 0.465 e. The van der Waals surface area contributed by atoms with E-state index in [1.807, 2.05) is 31.2 Å². The number of benzene rings is 3. The molecule has 1 aromatic heterocycles. The van der Waals surface area contributed by atoms with Crippen molar-refractivity contribution in [1.82, 2.24) is 15.0 Å². The molecule has 0 saturated carbocycles. The first-order chi connectivity index (χ1) is 17.5. The number of nitrogens with zero attached hydrogens (tertiary/aromatic N) is 3. The molecule has 0 aliphatic rings. The van der Waals surface area contributed by atoms with Gasteiger partial charge in [0.25, 0.3) is 0 Å². The lowest BCUT2D eigenvalue weighted by Gasteiger charge is -2.14. The van der Waals surface area contributed by atoms with Crippen LogP contribution in [0.5, 0.6) is 0 Å². The van der Waals surface area contributed by atoms with Crippen molar-refractivity contribution in [2.75, 3.05) is 23.1 Å². The van der Waals surface area contributed by atoms with Crippen LogP contribution in [-0.4, -0.2) is 40.1 Å². The van der Waals surface area contributed by atoms with Crippen LogP contribution < -0.4 is 16.0 Å². The molecule has 0 fully saturated rings. The number of aldehydes is 1. The number of aromatic nitrogens is 3. The van der Waals surface area contributed by atoms with Gasteiger partial charge >= 0.3 is 5.97 Å². The molecule has 0 bridgehead atoms. The van der Waals surface area contributed by atoms with Crippen LogP contribution in [0.15, 0.2) is 72.8 Å². The predicted octanol–water partition coefficient (Wildman–Crippen LogP) is 4.58. The molecule has 0 saturated heterocycles. The van der Waals surface area contributed by atoms with E-state index in [4.69, 9.17) is 4.74 Å². The number of anilines is 6. The van der Waals surface area contributed by atoms with E-state index in [-0.39, 0.29) is 29.7 Å². The average Bonchev–Trinajstić information content (AvgIpc) is 2.89. The molecule has 3 aromatic carbocycles. The molecule has 0 unspecified atom stereocenters. The molecule has 0 aliphatic carbocycles. The van der Waals surface area contributed by atoms with Crippen LogP contribution in [0.4, 0.5) is 34.9 Å². The summed E-state index contributed by atoms with van der Waals surface area (Å²) < 4.78 is 4.86. The van der Waals surface area contributed by atoms with E-state index < -0.39 is 11.8 Å². The molecular formula is C26H22N6O4. The molecule has 1 heterocycles. The number of ether oxygens (including phenoxy) is 1. The van der Waals surface area contributed by atoms with Crippen molar-refractivity contribution in [3.8, 4) is 0 Å². The first-order valence-corrected chi connectivity index (χ1v) is 10.9. The Bertz CT molecular complexity index is 1440. The molecule has 10 heteroatoms. The standard InChI is InChI=1S/C26H22N6O4/c1-16-9-3-6-12-19(16)27-24-30-25(28-20-13-7-4-10-17(20)22(34)15-33)32-26(31-24)29-21-14-8-5-11-18(21)23(35)36-2/h3-15H,1-2H3,(H3,27,28,29,30,31,32). The van der Waals surface area contributed by atoms with Crippen LogP contribution in [-0.2, 0) is 9.53 Å². The van der Waals surface area contributed by atoms with Gasteiger partial charge in [-0.15, -0.1) is 0 Å². The number of hydrogen-bond acceptors (Lipinski definition) is 10. The molecule has 0 atom stereocenters. The van der Waals surface area contributed by atoms with Crippen LogP contribution in [0.25, 0.3) is 0 Å². The van der Waals surface area contributed by atoms with Gasteiger partial charge in [-0.3, -0.25) is 9.59 Å². The fourth-order valence-corrected chi connectivity index (χ4v) is 3.37. The third-order valence-electron chi connectivity index (χ3n) is 5.15. The summed E-state index contributed by atoms with van der Waals surface area (Å²) in [7, 11) is 1.30. The Morgan fingerprint density at radius 2 is 1.14 bits per heavy atom. The summed E-state index contributed by atoms with van der Waals surface area (Å²) in [5.74, 6) is -0.774. The van der Waals surface area contributed by atoms with E-state index in [9.17, 15) is 14.4 Å². The van der Waals surface area contributed by atoms with Gasteiger partial charge in [0.1, 0.15) is 0 Å². The molecule has 4 rings (SSSR count). The van der Waals surface area contributed by atoms with Crippen LogP contribution in [0, 0.1) is 6.92 Å². The number of nitrogens with one attached hydrogen (secondary N) is 3. The lowest BCUT2D eigenvalue weighted by atomic mass is 10.1. The SMILES string of the molecule is COC(=O)c1ccccc1Nc1nc(Nc2ccccc2C)nc(Nc2ccccc2C(=O)C=O)n1. The zero-order valence-electron chi connectivity index (χ0n) is 19.5. The highest BCUT2D eigenvalue weighted by molar-refractivity contribution is 6.34. The zero-order chi connectivity index (χ0) is 25.5. The highest BCUT2D eigenvalue weighted by Gasteiger charge is 2.16. The van der Waals surface area contributed by atoms with Gasteiger partial charge in [0.05, 0.1) is 24.0 Å². The lowest BCUT2D eigenvalue weighted by Crippen LogP contribution is -2.11. The third-order valence-corrected chi connectivity index (χ3v) is 5.15. The van der Waals surface area contributed by atoms with Crippen LogP contribution >= 0.6 is 0 Å². The first-order valence-electron chi connectivity index (χ1n) is 10.9. The molecule has 0 spiro atoms. The van der Waals surface area contributed by atoms with Crippen molar-refractivity contribution in [3.05, 3.63) is 89.5 Å². The second-order valence-electron chi connectivity index (χ2n) is 7.56. The minimum Gasteiger partial charge on any atom is -0.465 e.